The minimum atomic E-state index is -1.26. The highest BCUT2D eigenvalue weighted by atomic mass is 19.2. The molecule has 0 aliphatic rings. The molecule has 0 bridgehead atoms. The average Bonchev–Trinajstić information content (AvgIpc) is 3.17. The first kappa shape index (κ1) is 21.2. The number of carbonyl (C=O) groups excluding carboxylic acids is 1. The van der Waals surface area contributed by atoms with Crippen molar-refractivity contribution in [1.82, 2.24) is 10.2 Å². The largest absolute Gasteiger partial charge is 0.489 e. The molecule has 9 heteroatoms. The van der Waals surface area contributed by atoms with Crippen molar-refractivity contribution in [2.24, 2.45) is 0 Å². The lowest BCUT2D eigenvalue weighted by atomic mass is 10.2. The van der Waals surface area contributed by atoms with Gasteiger partial charge in [-0.05, 0) is 42.5 Å². The van der Waals surface area contributed by atoms with Gasteiger partial charge in [0.05, 0.1) is 5.52 Å². The Morgan fingerprint density at radius 2 is 1.72 bits per heavy atom. The van der Waals surface area contributed by atoms with Gasteiger partial charge in [-0.25, -0.2) is 13.2 Å². The van der Waals surface area contributed by atoms with Gasteiger partial charge in [-0.1, -0.05) is 0 Å². The van der Waals surface area contributed by atoms with Crippen LogP contribution in [0.5, 0.6) is 5.75 Å². The van der Waals surface area contributed by atoms with Crippen molar-refractivity contribution in [3.05, 3.63) is 83.2 Å². The van der Waals surface area contributed by atoms with Crippen molar-refractivity contribution < 1.29 is 22.7 Å². The van der Waals surface area contributed by atoms with Crippen molar-refractivity contribution in [2.45, 2.75) is 6.61 Å². The van der Waals surface area contributed by atoms with E-state index in [0.717, 1.165) is 11.8 Å². The van der Waals surface area contributed by atoms with E-state index in [-0.39, 0.29) is 18.1 Å². The molecule has 0 aliphatic heterocycles. The fourth-order valence-electron chi connectivity index (χ4n) is 3.11. The second kappa shape index (κ2) is 8.62. The van der Waals surface area contributed by atoms with Gasteiger partial charge in [-0.3, -0.25) is 9.89 Å². The van der Waals surface area contributed by atoms with E-state index in [1.54, 1.807) is 30.3 Å². The van der Waals surface area contributed by atoms with Crippen molar-refractivity contribution in [3.8, 4) is 5.75 Å². The standard InChI is InChI=1S/C23H19F3N4O2/c1-30(2)15-5-3-13(4-6-15)23(31)27-22-17-8-7-16(10-21(17)28-29-22)32-12-14-9-19(25)20(26)11-18(14)24/h3-11H,12H2,1-2H3,(H2,27,28,29,31). The first-order chi connectivity index (χ1) is 15.3. The quantitative estimate of drug-likeness (QED) is 0.420. The maximum Gasteiger partial charge on any atom is 0.256 e. The lowest BCUT2D eigenvalue weighted by molar-refractivity contribution is 0.102. The number of anilines is 2. The number of amides is 1. The number of aromatic amines is 1. The lowest BCUT2D eigenvalue weighted by Crippen LogP contribution is -2.13. The zero-order valence-electron chi connectivity index (χ0n) is 17.2. The molecule has 0 radical (unpaired) electrons. The molecule has 164 valence electrons. The van der Waals surface area contributed by atoms with Crippen molar-refractivity contribution >= 4 is 28.3 Å². The number of rotatable bonds is 6. The molecular formula is C23H19F3N4O2. The summed E-state index contributed by atoms with van der Waals surface area (Å²) in [6.45, 7) is -0.283. The number of hydrogen-bond donors (Lipinski definition) is 2. The third kappa shape index (κ3) is 4.36. The molecule has 1 aromatic heterocycles. The molecular weight excluding hydrogens is 421 g/mol. The van der Waals surface area contributed by atoms with Crippen LogP contribution in [0.2, 0.25) is 0 Å². The summed E-state index contributed by atoms with van der Waals surface area (Å²) in [5.41, 5.74) is 1.93. The third-order valence-electron chi connectivity index (χ3n) is 4.90. The van der Waals surface area contributed by atoms with E-state index >= 15 is 0 Å². The summed E-state index contributed by atoms with van der Waals surface area (Å²) >= 11 is 0. The van der Waals surface area contributed by atoms with Crippen LogP contribution in [0.25, 0.3) is 10.9 Å². The average molecular weight is 440 g/mol. The molecule has 1 amide bonds. The maximum atomic E-state index is 13.8. The number of aromatic nitrogens is 2. The second-order valence-electron chi connectivity index (χ2n) is 7.32. The van der Waals surface area contributed by atoms with Gasteiger partial charge in [0.2, 0.25) is 0 Å². The summed E-state index contributed by atoms with van der Waals surface area (Å²) < 4.78 is 45.6. The Balaban J connectivity index is 1.47. The van der Waals surface area contributed by atoms with Crippen LogP contribution in [0.3, 0.4) is 0 Å². The highest BCUT2D eigenvalue weighted by molar-refractivity contribution is 6.08. The number of hydrogen-bond acceptors (Lipinski definition) is 4. The predicted octanol–water partition coefficient (Wildman–Crippen LogP) is 4.88. The molecule has 4 rings (SSSR count). The van der Waals surface area contributed by atoms with Crippen LogP contribution in [0.1, 0.15) is 15.9 Å². The molecule has 6 nitrogen and oxygen atoms in total. The molecule has 2 N–H and O–H groups in total. The Labute approximate surface area is 181 Å². The number of H-pyrrole nitrogens is 1. The Hall–Kier alpha value is -4.01. The molecule has 32 heavy (non-hydrogen) atoms. The number of benzene rings is 3. The minimum Gasteiger partial charge on any atom is -0.489 e. The topological polar surface area (TPSA) is 70.2 Å². The Kier molecular flexibility index (Phi) is 5.72. The molecule has 0 atom stereocenters. The van der Waals surface area contributed by atoms with Gasteiger partial charge in [-0.15, -0.1) is 0 Å². The van der Waals surface area contributed by atoms with Crippen molar-refractivity contribution in [3.63, 3.8) is 0 Å². The molecule has 0 aliphatic carbocycles. The molecule has 3 aromatic carbocycles. The first-order valence-corrected chi connectivity index (χ1v) is 9.65. The third-order valence-corrected chi connectivity index (χ3v) is 4.90. The Morgan fingerprint density at radius 1 is 1.00 bits per heavy atom. The van der Waals surface area contributed by atoms with Gasteiger partial charge in [0.25, 0.3) is 5.91 Å². The minimum absolute atomic E-state index is 0.109. The van der Waals surface area contributed by atoms with E-state index in [0.29, 0.717) is 34.1 Å². The number of carbonyl (C=O) groups is 1. The molecule has 0 spiro atoms. The summed E-state index contributed by atoms with van der Waals surface area (Å²) in [7, 11) is 3.83. The zero-order chi connectivity index (χ0) is 22.8. The van der Waals surface area contributed by atoms with Crippen LogP contribution in [0, 0.1) is 17.5 Å². The predicted molar refractivity (Wildman–Crippen MR) is 115 cm³/mol. The lowest BCUT2D eigenvalue weighted by Gasteiger charge is -2.12. The van der Waals surface area contributed by atoms with Gasteiger partial charge < -0.3 is 15.0 Å². The van der Waals surface area contributed by atoms with E-state index < -0.39 is 17.5 Å². The van der Waals surface area contributed by atoms with E-state index in [4.69, 9.17) is 4.74 Å². The van der Waals surface area contributed by atoms with Crippen LogP contribution >= 0.6 is 0 Å². The summed E-state index contributed by atoms with van der Waals surface area (Å²) in [4.78, 5) is 14.5. The van der Waals surface area contributed by atoms with E-state index in [1.165, 1.54) is 0 Å². The molecule has 0 saturated carbocycles. The highest BCUT2D eigenvalue weighted by Crippen LogP contribution is 2.26. The summed E-state index contributed by atoms with van der Waals surface area (Å²) in [5.74, 6) is -2.89. The normalized spacial score (nSPS) is 10.9. The van der Waals surface area contributed by atoms with E-state index in [1.807, 2.05) is 31.1 Å². The van der Waals surface area contributed by atoms with Crippen molar-refractivity contribution in [1.29, 1.82) is 0 Å². The van der Waals surface area contributed by atoms with E-state index in [2.05, 4.69) is 15.5 Å². The number of ether oxygens (including phenoxy) is 1. The van der Waals surface area contributed by atoms with Gasteiger partial charge in [0, 0.05) is 48.4 Å². The van der Waals surface area contributed by atoms with Crippen LogP contribution in [-0.2, 0) is 6.61 Å². The van der Waals surface area contributed by atoms with Crippen LogP contribution in [-0.4, -0.2) is 30.2 Å². The number of halogens is 3. The number of nitrogens with zero attached hydrogens (tertiary/aromatic N) is 2. The van der Waals surface area contributed by atoms with Gasteiger partial charge in [0.15, 0.2) is 17.5 Å². The van der Waals surface area contributed by atoms with Crippen LogP contribution < -0.4 is 15.0 Å². The fraction of sp³-hybridized carbons (Fsp3) is 0.130. The molecule has 0 fully saturated rings. The zero-order valence-corrected chi connectivity index (χ0v) is 17.2. The monoisotopic (exact) mass is 440 g/mol. The van der Waals surface area contributed by atoms with Crippen LogP contribution in [0.4, 0.5) is 24.7 Å². The van der Waals surface area contributed by atoms with Gasteiger partial charge in [0.1, 0.15) is 18.2 Å². The van der Waals surface area contributed by atoms with Crippen molar-refractivity contribution in [2.75, 3.05) is 24.3 Å². The molecule has 0 saturated heterocycles. The Bertz CT molecular complexity index is 1290. The molecule has 4 aromatic rings. The van der Waals surface area contributed by atoms with Gasteiger partial charge >= 0.3 is 0 Å². The number of fused-ring (bicyclic) bond motifs is 1. The first-order valence-electron chi connectivity index (χ1n) is 9.65. The highest BCUT2D eigenvalue weighted by Gasteiger charge is 2.14. The Morgan fingerprint density at radius 3 is 2.44 bits per heavy atom. The van der Waals surface area contributed by atoms with Gasteiger partial charge in [-0.2, -0.15) is 5.10 Å². The second-order valence-corrected chi connectivity index (χ2v) is 7.32. The van der Waals surface area contributed by atoms with Crippen LogP contribution in [0.15, 0.2) is 54.6 Å². The molecule has 0 unspecified atom stereocenters. The summed E-state index contributed by atoms with van der Waals surface area (Å²) in [6, 6.07) is 13.3. The maximum absolute atomic E-state index is 13.8. The molecule has 1 heterocycles. The summed E-state index contributed by atoms with van der Waals surface area (Å²) in [5, 5.41) is 10.3. The smallest absolute Gasteiger partial charge is 0.256 e. The SMILES string of the molecule is CN(C)c1ccc(C(=O)Nc2n[nH]c3cc(OCc4cc(F)c(F)cc4F)ccc23)cc1. The fourth-order valence-corrected chi connectivity index (χ4v) is 3.11. The number of nitrogens with one attached hydrogen (secondary N) is 2. The summed E-state index contributed by atoms with van der Waals surface area (Å²) in [6.07, 6.45) is 0. The van der Waals surface area contributed by atoms with E-state index in [9.17, 15) is 18.0 Å².